The lowest BCUT2D eigenvalue weighted by Crippen LogP contribution is -2.47. The number of esters is 1. The molecule has 1 amide bonds. The van der Waals surface area contributed by atoms with Crippen LogP contribution in [-0.4, -0.2) is 68.1 Å². The number of nitrogens with zero attached hydrogens (tertiary/aromatic N) is 2. The van der Waals surface area contributed by atoms with Gasteiger partial charge in [0.25, 0.3) is 0 Å². The molecule has 1 aliphatic heterocycles. The molecular formula is C20H24FN3O3S. The van der Waals surface area contributed by atoms with Crippen molar-refractivity contribution >= 4 is 28.2 Å². The maximum Gasteiger partial charge on any atom is 0.341 e. The van der Waals surface area contributed by atoms with Crippen LogP contribution in [0.5, 0.6) is 0 Å². The van der Waals surface area contributed by atoms with Gasteiger partial charge in [0.05, 0.1) is 13.2 Å². The van der Waals surface area contributed by atoms with Gasteiger partial charge in [-0.05, 0) is 31.7 Å². The Morgan fingerprint density at radius 1 is 1.18 bits per heavy atom. The van der Waals surface area contributed by atoms with Gasteiger partial charge in [-0.15, -0.1) is 11.3 Å². The summed E-state index contributed by atoms with van der Waals surface area (Å²) >= 11 is 1.27. The number of amides is 1. The zero-order valence-corrected chi connectivity index (χ0v) is 16.9. The third-order valence-corrected chi connectivity index (χ3v) is 5.54. The topological polar surface area (TPSA) is 61.9 Å². The fraction of sp³-hybridized carbons (Fsp3) is 0.400. The first-order valence-electron chi connectivity index (χ1n) is 9.23. The van der Waals surface area contributed by atoms with Crippen LogP contribution in [0.1, 0.15) is 17.3 Å². The fourth-order valence-corrected chi connectivity index (χ4v) is 4.05. The minimum atomic E-state index is -0.502. The van der Waals surface area contributed by atoms with Crippen LogP contribution in [0.3, 0.4) is 0 Å². The van der Waals surface area contributed by atoms with E-state index in [2.05, 4.69) is 22.2 Å². The molecule has 0 atom stereocenters. The molecule has 6 nitrogen and oxygen atoms in total. The van der Waals surface area contributed by atoms with E-state index in [0.29, 0.717) is 21.7 Å². The largest absolute Gasteiger partial charge is 0.462 e. The molecule has 1 aliphatic rings. The molecule has 0 bridgehead atoms. The highest BCUT2D eigenvalue weighted by Gasteiger charge is 2.24. The van der Waals surface area contributed by atoms with E-state index in [0.717, 1.165) is 26.2 Å². The van der Waals surface area contributed by atoms with E-state index in [1.54, 1.807) is 24.4 Å². The van der Waals surface area contributed by atoms with Gasteiger partial charge in [-0.1, -0.05) is 12.1 Å². The summed E-state index contributed by atoms with van der Waals surface area (Å²) in [5.41, 5.74) is 1.63. The molecule has 0 radical (unpaired) electrons. The number of halogens is 1. The van der Waals surface area contributed by atoms with Gasteiger partial charge in [0, 0.05) is 37.1 Å². The molecule has 0 aliphatic carbocycles. The van der Waals surface area contributed by atoms with E-state index in [1.165, 1.54) is 23.5 Å². The van der Waals surface area contributed by atoms with Crippen molar-refractivity contribution in [2.75, 3.05) is 51.7 Å². The molecule has 1 aromatic heterocycles. The first-order valence-corrected chi connectivity index (χ1v) is 10.1. The zero-order chi connectivity index (χ0) is 20.1. The van der Waals surface area contributed by atoms with Crippen molar-refractivity contribution in [1.29, 1.82) is 0 Å². The fourth-order valence-electron chi connectivity index (χ4n) is 3.07. The van der Waals surface area contributed by atoms with Crippen molar-refractivity contribution in [1.82, 2.24) is 9.80 Å². The maximum absolute atomic E-state index is 13.3. The molecule has 1 aromatic carbocycles. The maximum atomic E-state index is 13.3. The molecule has 8 heteroatoms. The Balaban J connectivity index is 1.79. The van der Waals surface area contributed by atoms with Gasteiger partial charge in [-0.25, -0.2) is 9.18 Å². The minimum Gasteiger partial charge on any atom is -0.462 e. The Bertz CT molecular complexity index is 830. The highest BCUT2D eigenvalue weighted by molar-refractivity contribution is 7.15. The molecule has 1 fully saturated rings. The summed E-state index contributed by atoms with van der Waals surface area (Å²) < 4.78 is 18.4. The molecule has 0 unspecified atom stereocenters. The van der Waals surface area contributed by atoms with Gasteiger partial charge in [-0.3, -0.25) is 9.69 Å². The lowest BCUT2D eigenvalue weighted by atomic mass is 10.0. The number of carbonyl (C=O) groups excluding carboxylic acids is 2. The lowest BCUT2D eigenvalue weighted by Gasteiger charge is -2.31. The smallest absolute Gasteiger partial charge is 0.341 e. The molecule has 2 aromatic rings. The Morgan fingerprint density at radius 2 is 1.86 bits per heavy atom. The minimum absolute atomic E-state index is 0.164. The molecule has 28 heavy (non-hydrogen) atoms. The van der Waals surface area contributed by atoms with Crippen molar-refractivity contribution in [3.05, 3.63) is 41.0 Å². The number of rotatable bonds is 6. The van der Waals surface area contributed by atoms with Crippen molar-refractivity contribution in [2.45, 2.75) is 6.92 Å². The van der Waals surface area contributed by atoms with Gasteiger partial charge in [-0.2, -0.15) is 0 Å². The van der Waals surface area contributed by atoms with Crippen molar-refractivity contribution in [2.24, 2.45) is 0 Å². The van der Waals surface area contributed by atoms with E-state index in [1.807, 2.05) is 0 Å². The van der Waals surface area contributed by atoms with Crippen LogP contribution in [-0.2, 0) is 9.53 Å². The first kappa shape index (κ1) is 20.4. The van der Waals surface area contributed by atoms with Crippen molar-refractivity contribution in [3.63, 3.8) is 0 Å². The molecule has 1 saturated heterocycles. The van der Waals surface area contributed by atoms with E-state index in [-0.39, 0.29) is 24.9 Å². The second kappa shape index (κ2) is 9.27. The van der Waals surface area contributed by atoms with E-state index in [9.17, 15) is 14.0 Å². The number of piperazine rings is 1. The average molecular weight is 405 g/mol. The summed E-state index contributed by atoms with van der Waals surface area (Å²) in [7, 11) is 2.06. The van der Waals surface area contributed by atoms with Gasteiger partial charge < -0.3 is 15.0 Å². The normalized spacial score (nSPS) is 15.4. The number of anilines is 1. The molecule has 1 N–H and O–H groups in total. The summed E-state index contributed by atoms with van der Waals surface area (Å²) in [4.78, 5) is 29.4. The molecule has 3 rings (SSSR count). The van der Waals surface area contributed by atoms with Crippen LogP contribution in [0, 0.1) is 5.82 Å². The third kappa shape index (κ3) is 4.95. The Kier molecular flexibility index (Phi) is 6.77. The first-order chi connectivity index (χ1) is 13.5. The zero-order valence-electron chi connectivity index (χ0n) is 16.0. The van der Waals surface area contributed by atoms with Gasteiger partial charge in [0.1, 0.15) is 16.4 Å². The van der Waals surface area contributed by atoms with Gasteiger partial charge in [0.15, 0.2) is 0 Å². The summed E-state index contributed by atoms with van der Waals surface area (Å²) in [5, 5.41) is 5.10. The highest BCUT2D eigenvalue weighted by atomic mass is 32.1. The van der Waals surface area contributed by atoms with E-state index in [4.69, 9.17) is 4.74 Å². The van der Waals surface area contributed by atoms with Crippen LogP contribution in [0.4, 0.5) is 9.39 Å². The van der Waals surface area contributed by atoms with Crippen LogP contribution in [0.2, 0.25) is 0 Å². The number of nitrogens with one attached hydrogen (secondary N) is 1. The molecule has 2 heterocycles. The van der Waals surface area contributed by atoms with Crippen LogP contribution in [0.15, 0.2) is 29.6 Å². The number of hydrogen-bond acceptors (Lipinski definition) is 6. The molecule has 150 valence electrons. The Morgan fingerprint density at radius 3 is 2.50 bits per heavy atom. The molecular weight excluding hydrogens is 381 g/mol. The number of benzene rings is 1. The summed E-state index contributed by atoms with van der Waals surface area (Å²) in [6, 6.07) is 5.90. The predicted molar refractivity (Wildman–Crippen MR) is 108 cm³/mol. The average Bonchev–Trinajstić information content (AvgIpc) is 3.08. The molecule has 0 saturated carbocycles. The Hall–Kier alpha value is -2.29. The van der Waals surface area contributed by atoms with Crippen LogP contribution >= 0.6 is 11.3 Å². The third-order valence-electron chi connectivity index (χ3n) is 4.64. The number of carbonyl (C=O) groups is 2. The summed E-state index contributed by atoms with van der Waals surface area (Å²) in [6.07, 6.45) is 0. The number of thiophene rings is 1. The van der Waals surface area contributed by atoms with Crippen molar-refractivity contribution < 1.29 is 18.7 Å². The highest BCUT2D eigenvalue weighted by Crippen LogP contribution is 2.36. The summed E-state index contributed by atoms with van der Waals surface area (Å²) in [5.74, 6) is -1.02. The number of likely N-dealkylation sites (N-methyl/N-ethyl adjacent to an activating group) is 1. The number of ether oxygens (including phenoxy) is 1. The molecule has 0 spiro atoms. The lowest BCUT2D eigenvalue weighted by molar-refractivity contribution is -0.117. The van der Waals surface area contributed by atoms with Gasteiger partial charge in [0.2, 0.25) is 5.91 Å². The summed E-state index contributed by atoms with van der Waals surface area (Å²) in [6.45, 7) is 5.75. The van der Waals surface area contributed by atoms with Crippen LogP contribution < -0.4 is 5.32 Å². The standard InChI is InChI=1S/C20H24FN3O3S/c1-3-27-20(26)18-16(14-4-6-15(21)7-5-14)13-28-19(18)22-17(25)12-24-10-8-23(2)9-11-24/h4-7,13H,3,8-12H2,1-2H3,(H,22,25). The van der Waals surface area contributed by atoms with E-state index < -0.39 is 5.97 Å². The van der Waals surface area contributed by atoms with Crippen molar-refractivity contribution in [3.8, 4) is 11.1 Å². The SMILES string of the molecule is CCOC(=O)c1c(-c2ccc(F)cc2)csc1NC(=O)CN1CCN(C)CC1. The second-order valence-electron chi connectivity index (χ2n) is 6.71. The Labute approximate surface area is 167 Å². The quantitative estimate of drug-likeness (QED) is 0.749. The van der Waals surface area contributed by atoms with E-state index >= 15 is 0 Å². The second-order valence-corrected chi connectivity index (χ2v) is 7.59. The predicted octanol–water partition coefficient (Wildman–Crippen LogP) is 2.92. The van der Waals surface area contributed by atoms with Gasteiger partial charge >= 0.3 is 5.97 Å². The monoisotopic (exact) mass is 405 g/mol. The van der Waals surface area contributed by atoms with Crippen LogP contribution in [0.25, 0.3) is 11.1 Å². The number of hydrogen-bond donors (Lipinski definition) is 1.